The second-order valence-electron chi connectivity index (χ2n) is 7.19. The minimum absolute atomic E-state index is 0.0716. The second-order valence-corrected chi connectivity index (χ2v) is 7.62. The lowest BCUT2D eigenvalue weighted by atomic mass is 9.98. The van der Waals surface area contributed by atoms with E-state index in [9.17, 15) is 4.79 Å². The van der Waals surface area contributed by atoms with Gasteiger partial charge in [0.2, 0.25) is 0 Å². The van der Waals surface area contributed by atoms with E-state index < -0.39 is 0 Å². The van der Waals surface area contributed by atoms with Gasteiger partial charge in [-0.1, -0.05) is 56.5 Å². The van der Waals surface area contributed by atoms with Crippen molar-refractivity contribution in [3.63, 3.8) is 0 Å². The minimum Gasteiger partial charge on any atom is -0.350 e. The highest BCUT2D eigenvalue weighted by atomic mass is 35.5. The minimum atomic E-state index is -0.0716. The van der Waals surface area contributed by atoms with Crippen molar-refractivity contribution in [2.45, 2.75) is 58.8 Å². The van der Waals surface area contributed by atoms with E-state index >= 15 is 0 Å². The van der Waals surface area contributed by atoms with Gasteiger partial charge in [0.1, 0.15) is 5.69 Å². The maximum absolute atomic E-state index is 12.3. The maximum Gasteiger partial charge on any atom is 0.269 e. The zero-order chi connectivity index (χ0) is 19.5. The molecule has 2 aromatic rings. The van der Waals surface area contributed by atoms with Crippen molar-refractivity contribution < 1.29 is 4.79 Å². The van der Waals surface area contributed by atoms with E-state index in [-0.39, 0.29) is 5.91 Å². The Labute approximate surface area is 168 Å². The predicted molar refractivity (Wildman–Crippen MR) is 113 cm³/mol. The molecule has 0 saturated heterocycles. The van der Waals surface area contributed by atoms with Gasteiger partial charge in [0.15, 0.2) is 0 Å². The van der Waals surface area contributed by atoms with Crippen LogP contribution in [0.4, 0.5) is 0 Å². The Morgan fingerprint density at radius 1 is 1.07 bits per heavy atom. The van der Waals surface area contributed by atoms with Gasteiger partial charge in [0, 0.05) is 17.8 Å². The van der Waals surface area contributed by atoms with E-state index in [1.54, 1.807) is 0 Å². The summed E-state index contributed by atoms with van der Waals surface area (Å²) in [5.41, 5.74) is 2.91. The second kappa shape index (κ2) is 11.8. The standard InChI is InChI=1S/C23H31ClN2O/c1-3-7-19(8-4-2)17-26-23(27)22-14-13-20(16-25-22)11-5-9-18-10-6-12-21(24)15-18/h6,10,12-16,19H,3-5,7-9,11,17H2,1-2H3,(H,26,27). The Morgan fingerprint density at radius 2 is 1.81 bits per heavy atom. The maximum atomic E-state index is 12.3. The molecule has 1 aromatic carbocycles. The van der Waals surface area contributed by atoms with Crippen molar-refractivity contribution in [2.75, 3.05) is 6.54 Å². The van der Waals surface area contributed by atoms with Crippen LogP contribution in [0, 0.1) is 5.92 Å². The van der Waals surface area contributed by atoms with Gasteiger partial charge in [-0.15, -0.1) is 0 Å². The Bertz CT molecular complexity index is 694. The molecule has 0 radical (unpaired) electrons. The molecule has 1 amide bonds. The number of carbonyl (C=O) groups excluding carboxylic acids is 1. The fraction of sp³-hybridized carbons (Fsp3) is 0.478. The number of pyridine rings is 1. The number of nitrogens with one attached hydrogen (secondary N) is 1. The van der Waals surface area contributed by atoms with Gasteiger partial charge in [0.25, 0.3) is 5.91 Å². The lowest BCUT2D eigenvalue weighted by Crippen LogP contribution is -2.30. The molecule has 0 spiro atoms. The molecule has 27 heavy (non-hydrogen) atoms. The summed E-state index contributed by atoms with van der Waals surface area (Å²) in [5, 5.41) is 3.83. The van der Waals surface area contributed by atoms with E-state index in [1.165, 1.54) is 5.56 Å². The molecule has 0 saturated carbocycles. The zero-order valence-corrected chi connectivity index (χ0v) is 17.3. The summed E-state index contributed by atoms with van der Waals surface area (Å²) in [5.74, 6) is 0.493. The van der Waals surface area contributed by atoms with Gasteiger partial charge in [0.05, 0.1) is 0 Å². The summed E-state index contributed by atoms with van der Waals surface area (Å²) in [6.07, 6.45) is 9.41. The predicted octanol–water partition coefficient (Wildman–Crippen LogP) is 5.86. The normalized spacial score (nSPS) is 11.0. The first-order valence-electron chi connectivity index (χ1n) is 10.1. The summed E-state index contributed by atoms with van der Waals surface area (Å²) in [6.45, 7) is 5.12. The Kier molecular flexibility index (Phi) is 9.34. The van der Waals surface area contributed by atoms with Gasteiger partial charge in [-0.25, -0.2) is 0 Å². The molecule has 1 aromatic heterocycles. The van der Waals surface area contributed by atoms with Crippen LogP contribution in [-0.4, -0.2) is 17.4 Å². The zero-order valence-electron chi connectivity index (χ0n) is 16.5. The molecule has 3 nitrogen and oxygen atoms in total. The monoisotopic (exact) mass is 386 g/mol. The van der Waals surface area contributed by atoms with Crippen molar-refractivity contribution in [1.29, 1.82) is 0 Å². The highest BCUT2D eigenvalue weighted by Gasteiger charge is 2.11. The lowest BCUT2D eigenvalue weighted by Gasteiger charge is -2.15. The number of rotatable bonds is 11. The quantitative estimate of drug-likeness (QED) is 0.525. The highest BCUT2D eigenvalue weighted by Crippen LogP contribution is 2.14. The van der Waals surface area contributed by atoms with Crippen molar-refractivity contribution in [3.8, 4) is 0 Å². The fourth-order valence-electron chi connectivity index (χ4n) is 3.39. The molecule has 2 rings (SSSR count). The molecular formula is C23H31ClN2O. The van der Waals surface area contributed by atoms with E-state index in [1.807, 2.05) is 36.5 Å². The number of halogens is 1. The van der Waals surface area contributed by atoms with Crippen LogP contribution >= 0.6 is 11.6 Å². The average Bonchev–Trinajstić information content (AvgIpc) is 2.67. The molecule has 0 aliphatic heterocycles. The summed E-state index contributed by atoms with van der Waals surface area (Å²) < 4.78 is 0. The molecule has 0 atom stereocenters. The summed E-state index contributed by atoms with van der Waals surface area (Å²) in [6, 6.07) is 11.8. The van der Waals surface area contributed by atoms with Crippen LogP contribution in [0.25, 0.3) is 0 Å². The molecule has 4 heteroatoms. The van der Waals surface area contributed by atoms with Crippen molar-refractivity contribution >= 4 is 17.5 Å². The third kappa shape index (κ3) is 7.72. The lowest BCUT2D eigenvalue weighted by molar-refractivity contribution is 0.0940. The van der Waals surface area contributed by atoms with E-state index in [0.717, 1.165) is 62.1 Å². The molecule has 0 aliphatic rings. The Hall–Kier alpha value is -1.87. The Morgan fingerprint density at radius 3 is 2.44 bits per heavy atom. The van der Waals surface area contributed by atoms with Crippen molar-refractivity contribution in [3.05, 3.63) is 64.4 Å². The van der Waals surface area contributed by atoms with Crippen LogP contribution in [0.15, 0.2) is 42.6 Å². The van der Waals surface area contributed by atoms with Gasteiger partial charge < -0.3 is 5.32 Å². The number of hydrogen-bond donors (Lipinski definition) is 1. The number of aryl methyl sites for hydroxylation is 2. The summed E-state index contributed by atoms with van der Waals surface area (Å²) >= 11 is 6.02. The molecule has 1 heterocycles. The molecule has 0 bridgehead atoms. The largest absolute Gasteiger partial charge is 0.350 e. The third-order valence-electron chi connectivity index (χ3n) is 4.82. The molecule has 0 aliphatic carbocycles. The van der Waals surface area contributed by atoms with Crippen LogP contribution in [0.1, 0.15) is 67.6 Å². The van der Waals surface area contributed by atoms with Crippen molar-refractivity contribution in [2.24, 2.45) is 5.92 Å². The van der Waals surface area contributed by atoms with Crippen LogP contribution in [0.3, 0.4) is 0 Å². The highest BCUT2D eigenvalue weighted by molar-refractivity contribution is 6.30. The fourth-order valence-corrected chi connectivity index (χ4v) is 3.60. The van der Waals surface area contributed by atoms with Crippen LogP contribution in [0.5, 0.6) is 0 Å². The average molecular weight is 387 g/mol. The van der Waals surface area contributed by atoms with Crippen LogP contribution < -0.4 is 5.32 Å². The molecule has 0 unspecified atom stereocenters. The third-order valence-corrected chi connectivity index (χ3v) is 5.06. The first-order chi connectivity index (χ1) is 13.1. The molecule has 146 valence electrons. The van der Waals surface area contributed by atoms with E-state index in [4.69, 9.17) is 11.6 Å². The number of amides is 1. The van der Waals surface area contributed by atoms with Gasteiger partial charge in [-0.2, -0.15) is 0 Å². The summed E-state index contributed by atoms with van der Waals surface area (Å²) in [7, 11) is 0. The number of aromatic nitrogens is 1. The SMILES string of the molecule is CCCC(CCC)CNC(=O)c1ccc(CCCc2cccc(Cl)c2)cn1. The number of carbonyl (C=O) groups is 1. The smallest absolute Gasteiger partial charge is 0.269 e. The van der Waals surface area contributed by atoms with Crippen LogP contribution in [-0.2, 0) is 12.8 Å². The van der Waals surface area contributed by atoms with Gasteiger partial charge >= 0.3 is 0 Å². The first kappa shape index (κ1) is 21.4. The number of hydrogen-bond acceptors (Lipinski definition) is 2. The Balaban J connectivity index is 1.78. The van der Waals surface area contributed by atoms with E-state index in [2.05, 4.69) is 30.2 Å². The molecule has 0 fully saturated rings. The van der Waals surface area contributed by atoms with Gasteiger partial charge in [-0.05, 0) is 67.3 Å². The molecular weight excluding hydrogens is 356 g/mol. The van der Waals surface area contributed by atoms with E-state index in [0.29, 0.717) is 11.6 Å². The summed E-state index contributed by atoms with van der Waals surface area (Å²) in [4.78, 5) is 16.7. The van der Waals surface area contributed by atoms with Gasteiger partial charge in [-0.3, -0.25) is 9.78 Å². The first-order valence-corrected chi connectivity index (χ1v) is 10.5. The van der Waals surface area contributed by atoms with Crippen LogP contribution in [0.2, 0.25) is 5.02 Å². The number of nitrogens with zero attached hydrogens (tertiary/aromatic N) is 1. The topological polar surface area (TPSA) is 42.0 Å². The molecule has 1 N–H and O–H groups in total. The number of benzene rings is 1. The van der Waals surface area contributed by atoms with Crippen molar-refractivity contribution in [1.82, 2.24) is 10.3 Å².